The second-order valence-electron chi connectivity index (χ2n) is 6.15. The quantitative estimate of drug-likeness (QED) is 0.366. The van der Waals surface area contributed by atoms with Crippen molar-refractivity contribution in [2.75, 3.05) is 39.4 Å². The Hall–Kier alpha value is -1.57. The Bertz CT molecular complexity index is 559. The first-order valence-electron chi connectivity index (χ1n) is 8.96. The number of quaternary nitrogens is 1. The van der Waals surface area contributed by atoms with Gasteiger partial charge in [0.25, 0.3) is 0 Å². The first-order valence-corrected chi connectivity index (χ1v) is 9.37. The molecule has 3 N–H and O–H groups in total. The topological polar surface area (TPSA) is 50.1 Å². The molecule has 1 heterocycles. The monoisotopic (exact) mass is 367 g/mol. The van der Waals surface area contributed by atoms with Gasteiger partial charge in [0.15, 0.2) is 5.11 Å². The van der Waals surface area contributed by atoms with Gasteiger partial charge in [-0.1, -0.05) is 25.5 Å². The molecule has 1 fully saturated rings. The summed E-state index contributed by atoms with van der Waals surface area (Å²) < 4.78 is 18.5. The largest absolute Gasteiger partial charge is 0.370 e. The van der Waals surface area contributed by atoms with Crippen LogP contribution in [0.25, 0.3) is 0 Å². The number of nitrogens with one attached hydrogen (secondary N) is 3. The SMILES string of the molecule is CCCC/C(=N/NC(=S)NCC[NH+]1CCOCC1)c1ccc(F)cc1. The zero-order chi connectivity index (χ0) is 17.9. The van der Waals surface area contributed by atoms with Crippen molar-refractivity contribution in [1.29, 1.82) is 0 Å². The molecule has 25 heavy (non-hydrogen) atoms. The zero-order valence-corrected chi connectivity index (χ0v) is 15.6. The van der Waals surface area contributed by atoms with Crippen molar-refractivity contribution in [2.24, 2.45) is 5.10 Å². The fourth-order valence-corrected chi connectivity index (χ4v) is 2.82. The van der Waals surface area contributed by atoms with E-state index in [0.717, 1.165) is 69.9 Å². The van der Waals surface area contributed by atoms with Gasteiger partial charge in [-0.3, -0.25) is 5.43 Å². The smallest absolute Gasteiger partial charge is 0.187 e. The maximum absolute atomic E-state index is 13.1. The van der Waals surface area contributed by atoms with E-state index >= 15 is 0 Å². The lowest BCUT2D eigenvalue weighted by Crippen LogP contribution is -3.14. The molecule has 2 rings (SSSR count). The fourth-order valence-electron chi connectivity index (χ4n) is 2.67. The van der Waals surface area contributed by atoms with Crippen LogP contribution in [0.3, 0.4) is 0 Å². The molecule has 0 amide bonds. The number of hydrogen-bond acceptors (Lipinski definition) is 3. The van der Waals surface area contributed by atoms with E-state index in [1.54, 1.807) is 12.1 Å². The maximum Gasteiger partial charge on any atom is 0.187 e. The van der Waals surface area contributed by atoms with Crippen LogP contribution in [-0.4, -0.2) is 50.2 Å². The molecule has 0 spiro atoms. The molecule has 1 saturated heterocycles. The van der Waals surface area contributed by atoms with E-state index in [0.29, 0.717) is 5.11 Å². The Balaban J connectivity index is 1.81. The number of unbranched alkanes of at least 4 members (excludes halogenated alkanes) is 1. The van der Waals surface area contributed by atoms with Crippen LogP contribution in [-0.2, 0) is 4.74 Å². The highest BCUT2D eigenvalue weighted by molar-refractivity contribution is 7.80. The van der Waals surface area contributed by atoms with Gasteiger partial charge in [0.2, 0.25) is 0 Å². The number of nitrogens with zero attached hydrogens (tertiary/aromatic N) is 1. The predicted molar refractivity (Wildman–Crippen MR) is 103 cm³/mol. The van der Waals surface area contributed by atoms with Crippen LogP contribution in [0.4, 0.5) is 4.39 Å². The molecule has 0 saturated carbocycles. The molecular weight excluding hydrogens is 339 g/mol. The highest BCUT2D eigenvalue weighted by atomic mass is 32.1. The lowest BCUT2D eigenvalue weighted by molar-refractivity contribution is -0.906. The van der Waals surface area contributed by atoms with E-state index in [1.165, 1.54) is 17.0 Å². The van der Waals surface area contributed by atoms with Crippen molar-refractivity contribution in [3.63, 3.8) is 0 Å². The summed E-state index contributed by atoms with van der Waals surface area (Å²) in [6.45, 7) is 7.71. The summed E-state index contributed by atoms with van der Waals surface area (Å²) in [5.41, 5.74) is 4.74. The van der Waals surface area contributed by atoms with Gasteiger partial charge >= 0.3 is 0 Å². The van der Waals surface area contributed by atoms with Crippen LogP contribution in [0.1, 0.15) is 31.7 Å². The van der Waals surface area contributed by atoms with Gasteiger partial charge in [-0.05, 0) is 42.8 Å². The minimum atomic E-state index is -0.241. The summed E-state index contributed by atoms with van der Waals surface area (Å²) in [5.74, 6) is -0.241. The summed E-state index contributed by atoms with van der Waals surface area (Å²) in [6, 6.07) is 6.42. The number of hydrazone groups is 1. The van der Waals surface area contributed by atoms with Gasteiger partial charge < -0.3 is 15.0 Å². The predicted octanol–water partition coefficient (Wildman–Crippen LogP) is 1.10. The van der Waals surface area contributed by atoms with Gasteiger partial charge in [0.1, 0.15) is 18.9 Å². The van der Waals surface area contributed by atoms with Gasteiger partial charge in [-0.2, -0.15) is 5.10 Å². The molecule has 0 bridgehead atoms. The Labute approximate surface area is 154 Å². The average Bonchev–Trinajstić information content (AvgIpc) is 2.64. The molecule has 0 radical (unpaired) electrons. The van der Waals surface area contributed by atoms with Crippen LogP contribution in [0.5, 0.6) is 0 Å². The molecule has 0 unspecified atom stereocenters. The minimum absolute atomic E-state index is 0.241. The van der Waals surface area contributed by atoms with Crippen LogP contribution < -0.4 is 15.6 Å². The second-order valence-corrected chi connectivity index (χ2v) is 6.56. The number of ether oxygens (including phenoxy) is 1. The molecule has 7 heteroatoms. The van der Waals surface area contributed by atoms with Crippen LogP contribution >= 0.6 is 12.2 Å². The summed E-state index contributed by atoms with van der Waals surface area (Å²) in [7, 11) is 0. The van der Waals surface area contributed by atoms with Crippen molar-refractivity contribution in [3.8, 4) is 0 Å². The fraction of sp³-hybridized carbons (Fsp3) is 0.556. The van der Waals surface area contributed by atoms with E-state index in [1.807, 2.05) is 0 Å². The van der Waals surface area contributed by atoms with Crippen molar-refractivity contribution in [1.82, 2.24) is 10.7 Å². The lowest BCUT2D eigenvalue weighted by atomic mass is 10.1. The average molecular weight is 368 g/mol. The van der Waals surface area contributed by atoms with E-state index < -0.39 is 0 Å². The van der Waals surface area contributed by atoms with Gasteiger partial charge in [-0.15, -0.1) is 0 Å². The van der Waals surface area contributed by atoms with Crippen molar-refractivity contribution >= 4 is 23.0 Å². The van der Waals surface area contributed by atoms with Gasteiger partial charge in [-0.25, -0.2) is 4.39 Å². The van der Waals surface area contributed by atoms with Crippen LogP contribution in [0.2, 0.25) is 0 Å². The molecular formula is C18H28FN4OS+. The zero-order valence-electron chi connectivity index (χ0n) is 14.8. The molecule has 138 valence electrons. The second kappa shape index (κ2) is 11.1. The molecule has 1 aromatic carbocycles. The van der Waals surface area contributed by atoms with Crippen LogP contribution in [0.15, 0.2) is 29.4 Å². The molecule has 0 aromatic heterocycles. The van der Waals surface area contributed by atoms with Gasteiger partial charge in [0.05, 0.1) is 32.0 Å². The highest BCUT2D eigenvalue weighted by Gasteiger charge is 2.12. The lowest BCUT2D eigenvalue weighted by Gasteiger charge is -2.23. The van der Waals surface area contributed by atoms with Crippen LogP contribution in [0, 0.1) is 5.82 Å². The Morgan fingerprint density at radius 3 is 2.68 bits per heavy atom. The van der Waals surface area contributed by atoms with E-state index in [-0.39, 0.29) is 5.82 Å². The minimum Gasteiger partial charge on any atom is -0.370 e. The number of hydrogen-bond donors (Lipinski definition) is 3. The highest BCUT2D eigenvalue weighted by Crippen LogP contribution is 2.09. The Morgan fingerprint density at radius 1 is 1.28 bits per heavy atom. The Kier molecular flexibility index (Phi) is 8.79. The van der Waals surface area contributed by atoms with Gasteiger partial charge in [0, 0.05) is 0 Å². The third kappa shape index (κ3) is 7.46. The number of halogens is 1. The number of morpholine rings is 1. The molecule has 1 aliphatic rings. The molecule has 1 aliphatic heterocycles. The maximum atomic E-state index is 13.1. The molecule has 0 aliphatic carbocycles. The molecule has 5 nitrogen and oxygen atoms in total. The van der Waals surface area contributed by atoms with E-state index in [9.17, 15) is 4.39 Å². The first-order chi connectivity index (χ1) is 12.2. The summed E-state index contributed by atoms with van der Waals surface area (Å²) in [6.07, 6.45) is 2.93. The summed E-state index contributed by atoms with van der Waals surface area (Å²) in [5, 5.41) is 8.15. The first kappa shape index (κ1) is 19.8. The van der Waals surface area contributed by atoms with Crippen molar-refractivity contribution < 1.29 is 14.0 Å². The number of benzene rings is 1. The molecule has 1 aromatic rings. The normalized spacial score (nSPS) is 15.8. The summed E-state index contributed by atoms with van der Waals surface area (Å²) in [4.78, 5) is 1.53. The number of thiocarbonyl (C=S) groups is 1. The standard InChI is InChI=1S/C18H27FN4OS/c1-2-3-4-17(15-5-7-16(19)8-6-15)21-22-18(25)20-9-10-23-11-13-24-14-12-23/h5-8H,2-4,9-14H2,1H3,(H2,20,22,25)/p+1/b21-17-. The van der Waals surface area contributed by atoms with E-state index in [2.05, 4.69) is 22.8 Å². The van der Waals surface area contributed by atoms with E-state index in [4.69, 9.17) is 17.0 Å². The third-order valence-electron chi connectivity index (χ3n) is 4.20. The molecule has 0 atom stereocenters. The van der Waals surface area contributed by atoms with Crippen molar-refractivity contribution in [3.05, 3.63) is 35.6 Å². The number of rotatable bonds is 8. The van der Waals surface area contributed by atoms with Crippen molar-refractivity contribution in [2.45, 2.75) is 26.2 Å². The third-order valence-corrected chi connectivity index (χ3v) is 4.44. The Morgan fingerprint density at radius 2 is 2.00 bits per heavy atom. The summed E-state index contributed by atoms with van der Waals surface area (Å²) >= 11 is 5.30.